The Bertz CT molecular complexity index is 403. The number of hydrogen-bond donors (Lipinski definition) is 1. The summed E-state index contributed by atoms with van der Waals surface area (Å²) in [5.41, 5.74) is 2.64. The number of thioether (sulfide) groups is 1. The Morgan fingerprint density at radius 2 is 2.18 bits per heavy atom. The van der Waals surface area contributed by atoms with Crippen LogP contribution in [0.2, 0.25) is 5.02 Å². The van der Waals surface area contributed by atoms with Crippen molar-refractivity contribution in [2.45, 2.75) is 33.2 Å². The van der Waals surface area contributed by atoms with Gasteiger partial charge in [-0.2, -0.15) is 11.8 Å². The van der Waals surface area contributed by atoms with Crippen molar-refractivity contribution in [3.8, 4) is 0 Å². The molecular formula is C14H20ClNS. The van der Waals surface area contributed by atoms with E-state index in [0.29, 0.717) is 11.5 Å². The Labute approximate surface area is 113 Å². The maximum Gasteiger partial charge on any atom is 0.0455 e. The third-order valence-corrected chi connectivity index (χ3v) is 5.10. The molecule has 1 nitrogen and oxygen atoms in total. The van der Waals surface area contributed by atoms with E-state index in [2.05, 4.69) is 31.3 Å². The Morgan fingerprint density at radius 3 is 2.82 bits per heavy atom. The Balaban J connectivity index is 2.11. The molecule has 0 aromatic heterocycles. The maximum absolute atomic E-state index is 6.16. The van der Waals surface area contributed by atoms with Gasteiger partial charge in [-0.05, 0) is 42.2 Å². The van der Waals surface area contributed by atoms with Gasteiger partial charge in [-0.3, -0.25) is 0 Å². The lowest BCUT2D eigenvalue weighted by molar-refractivity contribution is 0.305. The van der Waals surface area contributed by atoms with E-state index < -0.39 is 0 Å². The van der Waals surface area contributed by atoms with E-state index in [0.717, 1.165) is 16.3 Å². The Kier molecular flexibility index (Phi) is 3.94. The van der Waals surface area contributed by atoms with Crippen LogP contribution in [0.3, 0.4) is 0 Å². The summed E-state index contributed by atoms with van der Waals surface area (Å²) in [6.07, 6.45) is 1.27. The highest BCUT2D eigenvalue weighted by atomic mass is 35.5. The Morgan fingerprint density at radius 1 is 1.41 bits per heavy atom. The number of anilines is 1. The third kappa shape index (κ3) is 3.11. The molecular weight excluding hydrogens is 250 g/mol. The van der Waals surface area contributed by atoms with Crippen LogP contribution in [0.15, 0.2) is 18.2 Å². The van der Waals surface area contributed by atoms with E-state index in [4.69, 9.17) is 11.6 Å². The highest BCUT2D eigenvalue weighted by Gasteiger charge is 2.32. The summed E-state index contributed by atoms with van der Waals surface area (Å²) in [5.74, 6) is 2.46. The molecule has 0 spiro atoms. The lowest BCUT2D eigenvalue weighted by atomic mass is 9.82. The molecule has 1 aromatic carbocycles. The average Bonchev–Trinajstić information content (AvgIpc) is 2.26. The maximum atomic E-state index is 6.16. The highest BCUT2D eigenvalue weighted by Crippen LogP contribution is 2.36. The summed E-state index contributed by atoms with van der Waals surface area (Å²) in [6, 6.07) is 6.76. The molecule has 1 saturated heterocycles. The van der Waals surface area contributed by atoms with Crippen molar-refractivity contribution in [3.63, 3.8) is 0 Å². The molecule has 0 bridgehead atoms. The van der Waals surface area contributed by atoms with Crippen molar-refractivity contribution in [2.24, 2.45) is 5.41 Å². The minimum Gasteiger partial charge on any atom is -0.381 e. The van der Waals surface area contributed by atoms with Gasteiger partial charge in [0, 0.05) is 22.5 Å². The zero-order chi connectivity index (χ0) is 12.5. The highest BCUT2D eigenvalue weighted by molar-refractivity contribution is 7.99. The first kappa shape index (κ1) is 13.1. The summed E-state index contributed by atoms with van der Waals surface area (Å²) in [7, 11) is 0. The van der Waals surface area contributed by atoms with Crippen LogP contribution in [0, 0.1) is 12.3 Å². The number of benzene rings is 1. The van der Waals surface area contributed by atoms with Gasteiger partial charge in [-0.15, -0.1) is 0 Å². The molecule has 0 saturated carbocycles. The van der Waals surface area contributed by atoms with E-state index in [1.54, 1.807) is 0 Å². The monoisotopic (exact) mass is 269 g/mol. The van der Waals surface area contributed by atoms with Gasteiger partial charge in [0.2, 0.25) is 0 Å². The molecule has 1 unspecified atom stereocenters. The summed E-state index contributed by atoms with van der Waals surface area (Å²) >= 11 is 8.19. The van der Waals surface area contributed by atoms with Crippen LogP contribution < -0.4 is 5.32 Å². The van der Waals surface area contributed by atoms with Gasteiger partial charge >= 0.3 is 0 Å². The van der Waals surface area contributed by atoms with Crippen molar-refractivity contribution < 1.29 is 0 Å². The first-order valence-corrected chi connectivity index (χ1v) is 7.63. The number of aryl methyl sites for hydroxylation is 1. The normalized spacial score (nSPS) is 23.4. The summed E-state index contributed by atoms with van der Waals surface area (Å²) < 4.78 is 0. The zero-order valence-corrected chi connectivity index (χ0v) is 12.3. The van der Waals surface area contributed by atoms with Crippen LogP contribution in [-0.4, -0.2) is 17.5 Å². The predicted octanol–water partition coefficient (Wildman–Crippen LogP) is 4.59. The largest absolute Gasteiger partial charge is 0.381 e. The molecule has 17 heavy (non-hydrogen) atoms. The molecule has 94 valence electrons. The van der Waals surface area contributed by atoms with Crippen molar-refractivity contribution in [1.29, 1.82) is 0 Å². The average molecular weight is 270 g/mol. The molecule has 1 heterocycles. The summed E-state index contributed by atoms with van der Waals surface area (Å²) in [6.45, 7) is 6.73. The van der Waals surface area contributed by atoms with E-state index in [1.807, 2.05) is 24.8 Å². The van der Waals surface area contributed by atoms with Crippen LogP contribution in [0.25, 0.3) is 0 Å². The lowest BCUT2D eigenvalue weighted by Crippen LogP contribution is -2.41. The van der Waals surface area contributed by atoms with Crippen molar-refractivity contribution in [2.75, 3.05) is 16.8 Å². The fraction of sp³-hybridized carbons (Fsp3) is 0.571. The van der Waals surface area contributed by atoms with Gasteiger partial charge in [0.15, 0.2) is 0 Å². The fourth-order valence-corrected chi connectivity index (χ4v) is 3.84. The molecule has 2 rings (SSSR count). The predicted molar refractivity (Wildman–Crippen MR) is 79.3 cm³/mol. The summed E-state index contributed by atoms with van der Waals surface area (Å²) in [5, 5.41) is 4.48. The number of rotatable bonds is 2. The second kappa shape index (κ2) is 5.11. The minimum atomic E-state index is 0.364. The third-order valence-electron chi connectivity index (χ3n) is 3.63. The van der Waals surface area contributed by atoms with Gasteiger partial charge in [0.05, 0.1) is 0 Å². The van der Waals surface area contributed by atoms with Crippen LogP contribution >= 0.6 is 23.4 Å². The van der Waals surface area contributed by atoms with Gasteiger partial charge in [0.1, 0.15) is 0 Å². The molecule has 0 amide bonds. The number of halogens is 1. The van der Waals surface area contributed by atoms with Crippen LogP contribution in [0.1, 0.15) is 25.8 Å². The second-order valence-electron chi connectivity index (χ2n) is 5.47. The van der Waals surface area contributed by atoms with E-state index in [1.165, 1.54) is 17.9 Å². The second-order valence-corrected chi connectivity index (χ2v) is 7.03. The van der Waals surface area contributed by atoms with Crippen LogP contribution in [0.5, 0.6) is 0 Å². The zero-order valence-electron chi connectivity index (χ0n) is 10.7. The van der Waals surface area contributed by atoms with Crippen LogP contribution in [-0.2, 0) is 0 Å². The lowest BCUT2D eigenvalue weighted by Gasteiger charge is -2.39. The minimum absolute atomic E-state index is 0.364. The molecule has 1 atom stereocenters. The van der Waals surface area contributed by atoms with Gasteiger partial charge in [-0.25, -0.2) is 0 Å². The van der Waals surface area contributed by atoms with Gasteiger partial charge in [0.25, 0.3) is 0 Å². The van der Waals surface area contributed by atoms with E-state index in [9.17, 15) is 0 Å². The SMILES string of the molecule is Cc1ccc(NC2CSCCC2(C)C)cc1Cl. The van der Waals surface area contributed by atoms with E-state index in [-0.39, 0.29) is 0 Å². The molecule has 1 N–H and O–H groups in total. The van der Waals surface area contributed by atoms with Crippen molar-refractivity contribution in [1.82, 2.24) is 0 Å². The molecule has 1 aromatic rings. The Hall–Kier alpha value is -0.340. The smallest absolute Gasteiger partial charge is 0.0455 e. The fourth-order valence-electron chi connectivity index (χ4n) is 2.06. The number of nitrogens with one attached hydrogen (secondary N) is 1. The number of hydrogen-bond acceptors (Lipinski definition) is 2. The molecule has 1 aliphatic heterocycles. The van der Waals surface area contributed by atoms with Crippen LogP contribution in [0.4, 0.5) is 5.69 Å². The van der Waals surface area contributed by atoms with Crippen molar-refractivity contribution >= 4 is 29.1 Å². The molecule has 0 aliphatic carbocycles. The summed E-state index contributed by atoms with van der Waals surface area (Å²) in [4.78, 5) is 0. The van der Waals surface area contributed by atoms with Gasteiger partial charge < -0.3 is 5.32 Å². The molecule has 3 heteroatoms. The first-order chi connectivity index (χ1) is 7.99. The quantitative estimate of drug-likeness (QED) is 0.843. The van der Waals surface area contributed by atoms with Gasteiger partial charge in [-0.1, -0.05) is 31.5 Å². The van der Waals surface area contributed by atoms with Crippen molar-refractivity contribution in [3.05, 3.63) is 28.8 Å². The first-order valence-electron chi connectivity index (χ1n) is 6.09. The standard InChI is InChI=1S/C14H20ClNS/c1-10-4-5-11(8-12(10)15)16-13-9-17-7-6-14(13,2)3/h4-5,8,13,16H,6-7,9H2,1-3H3. The molecule has 1 aliphatic rings. The molecule has 1 fully saturated rings. The topological polar surface area (TPSA) is 12.0 Å². The van der Waals surface area contributed by atoms with E-state index >= 15 is 0 Å². The molecule has 0 radical (unpaired) electrons.